The minimum absolute atomic E-state index is 0.0313. The highest BCUT2D eigenvalue weighted by molar-refractivity contribution is 7.09. The van der Waals surface area contributed by atoms with Crippen LogP contribution in [-0.4, -0.2) is 32.9 Å². The maximum Gasteiger partial charge on any atom is 0.307 e. The van der Waals surface area contributed by atoms with Gasteiger partial charge in [-0.2, -0.15) is 5.10 Å². The fourth-order valence-corrected chi connectivity index (χ4v) is 2.80. The van der Waals surface area contributed by atoms with E-state index >= 15 is 0 Å². The number of nitro groups is 1. The Morgan fingerprint density at radius 3 is 2.95 bits per heavy atom. The summed E-state index contributed by atoms with van der Waals surface area (Å²) < 4.78 is 12.6. The van der Waals surface area contributed by atoms with Crippen LogP contribution in [0.25, 0.3) is 0 Å². The van der Waals surface area contributed by atoms with Crippen LogP contribution in [0.1, 0.15) is 17.6 Å². The van der Waals surface area contributed by atoms with E-state index in [0.717, 1.165) is 10.7 Å². The molecule has 1 saturated heterocycles. The number of aromatic nitrogens is 3. The highest BCUT2D eigenvalue weighted by Crippen LogP contribution is 2.31. The lowest BCUT2D eigenvalue weighted by Gasteiger charge is -2.19. The van der Waals surface area contributed by atoms with Crippen LogP contribution in [0.4, 0.5) is 5.69 Å². The van der Waals surface area contributed by atoms with Crippen LogP contribution < -0.4 is 0 Å². The molecule has 2 aromatic heterocycles. The van der Waals surface area contributed by atoms with Crippen LogP contribution in [0.5, 0.6) is 0 Å². The van der Waals surface area contributed by atoms with Gasteiger partial charge in [-0.05, 0) is 6.92 Å². The Morgan fingerprint density at radius 1 is 1.55 bits per heavy atom. The average molecular weight is 296 g/mol. The van der Waals surface area contributed by atoms with Crippen molar-refractivity contribution in [3.8, 4) is 0 Å². The zero-order valence-electron chi connectivity index (χ0n) is 10.7. The van der Waals surface area contributed by atoms with Gasteiger partial charge in [-0.3, -0.25) is 14.8 Å². The second kappa shape index (κ2) is 4.93. The maximum absolute atomic E-state index is 10.6. The fraction of sp³-hybridized carbons (Fsp3) is 0.455. The molecule has 1 aliphatic rings. The van der Waals surface area contributed by atoms with Crippen molar-refractivity contribution >= 4 is 17.0 Å². The first-order valence-electron chi connectivity index (χ1n) is 5.96. The van der Waals surface area contributed by atoms with E-state index in [-0.39, 0.29) is 5.69 Å². The maximum atomic E-state index is 10.6. The van der Waals surface area contributed by atoms with Gasteiger partial charge in [-0.15, -0.1) is 11.3 Å². The minimum atomic E-state index is -0.787. The van der Waals surface area contributed by atoms with Gasteiger partial charge in [0.05, 0.1) is 24.7 Å². The highest BCUT2D eigenvalue weighted by Gasteiger charge is 2.35. The molecule has 8 nitrogen and oxygen atoms in total. The van der Waals surface area contributed by atoms with E-state index in [0.29, 0.717) is 19.8 Å². The smallest absolute Gasteiger partial charge is 0.307 e. The lowest BCUT2D eigenvalue weighted by molar-refractivity contribution is -0.385. The summed E-state index contributed by atoms with van der Waals surface area (Å²) in [5, 5.41) is 17.2. The lowest BCUT2D eigenvalue weighted by atomic mass is 10.2. The first-order valence-corrected chi connectivity index (χ1v) is 6.84. The summed E-state index contributed by atoms with van der Waals surface area (Å²) in [7, 11) is 0. The molecular weight excluding hydrogens is 284 g/mol. The lowest BCUT2D eigenvalue weighted by Crippen LogP contribution is -2.22. The van der Waals surface area contributed by atoms with Crippen LogP contribution in [0.3, 0.4) is 0 Å². The Bertz CT molecular complexity index is 632. The first-order chi connectivity index (χ1) is 9.57. The molecule has 3 rings (SSSR count). The van der Waals surface area contributed by atoms with Gasteiger partial charge in [0.1, 0.15) is 23.1 Å². The zero-order valence-corrected chi connectivity index (χ0v) is 11.5. The summed E-state index contributed by atoms with van der Waals surface area (Å²) >= 11 is 1.45. The van der Waals surface area contributed by atoms with Crippen molar-refractivity contribution in [2.45, 2.75) is 19.3 Å². The molecule has 20 heavy (non-hydrogen) atoms. The van der Waals surface area contributed by atoms with E-state index < -0.39 is 10.7 Å². The predicted molar refractivity (Wildman–Crippen MR) is 69.4 cm³/mol. The summed E-state index contributed by atoms with van der Waals surface area (Å²) in [6.45, 7) is 3.32. The first kappa shape index (κ1) is 13.2. The van der Waals surface area contributed by atoms with Crippen molar-refractivity contribution < 1.29 is 14.4 Å². The quantitative estimate of drug-likeness (QED) is 0.627. The molecule has 0 bridgehead atoms. The van der Waals surface area contributed by atoms with Crippen LogP contribution in [-0.2, 0) is 21.8 Å². The minimum Gasteiger partial charge on any atom is -0.342 e. The summed E-state index contributed by atoms with van der Waals surface area (Å²) in [5.41, 5.74) is 0.688. The van der Waals surface area contributed by atoms with Gasteiger partial charge < -0.3 is 9.47 Å². The number of ether oxygens (including phenoxy) is 2. The molecule has 1 fully saturated rings. The highest BCUT2D eigenvalue weighted by atomic mass is 32.1. The SMILES string of the molecule is CC1(c2csc(Cn3cc([N+](=O)[O-])cn3)n2)OCCO1. The van der Waals surface area contributed by atoms with Gasteiger partial charge in [0, 0.05) is 5.38 Å². The predicted octanol–water partition coefficient (Wildman–Crippen LogP) is 1.52. The fourth-order valence-electron chi connectivity index (χ4n) is 1.93. The van der Waals surface area contributed by atoms with Crippen LogP contribution >= 0.6 is 11.3 Å². The van der Waals surface area contributed by atoms with E-state index in [1.54, 1.807) is 0 Å². The van der Waals surface area contributed by atoms with Gasteiger partial charge in [-0.1, -0.05) is 0 Å². The van der Waals surface area contributed by atoms with Crippen molar-refractivity contribution in [1.29, 1.82) is 0 Å². The summed E-state index contributed by atoms with van der Waals surface area (Å²) in [4.78, 5) is 14.6. The number of rotatable bonds is 4. The number of thiazole rings is 1. The third-order valence-electron chi connectivity index (χ3n) is 2.98. The number of hydrogen-bond donors (Lipinski definition) is 0. The van der Waals surface area contributed by atoms with E-state index in [4.69, 9.17) is 9.47 Å². The van der Waals surface area contributed by atoms with Gasteiger partial charge in [0.25, 0.3) is 0 Å². The Hall–Kier alpha value is -1.84. The summed E-state index contributed by atoms with van der Waals surface area (Å²) in [5.74, 6) is -0.787. The average Bonchev–Trinajstić information content (AvgIpc) is 3.10. The van der Waals surface area contributed by atoms with Gasteiger partial charge in [0.2, 0.25) is 5.79 Å². The van der Waals surface area contributed by atoms with E-state index in [1.807, 2.05) is 12.3 Å². The van der Waals surface area contributed by atoms with Crippen molar-refractivity contribution in [1.82, 2.24) is 14.8 Å². The molecule has 0 aromatic carbocycles. The van der Waals surface area contributed by atoms with E-state index in [1.165, 1.54) is 28.4 Å². The molecule has 0 spiro atoms. The molecule has 1 aliphatic heterocycles. The van der Waals surface area contributed by atoms with Crippen LogP contribution in [0.2, 0.25) is 0 Å². The Kier molecular flexibility index (Phi) is 3.24. The molecule has 0 saturated carbocycles. The van der Waals surface area contributed by atoms with Crippen molar-refractivity contribution in [3.63, 3.8) is 0 Å². The van der Waals surface area contributed by atoms with Crippen molar-refractivity contribution in [2.24, 2.45) is 0 Å². The second-order valence-corrected chi connectivity index (χ2v) is 5.36. The third-order valence-corrected chi connectivity index (χ3v) is 3.82. The number of nitrogens with zero attached hydrogens (tertiary/aromatic N) is 4. The molecule has 0 radical (unpaired) electrons. The molecule has 2 aromatic rings. The largest absolute Gasteiger partial charge is 0.342 e. The molecule has 0 N–H and O–H groups in total. The monoisotopic (exact) mass is 296 g/mol. The van der Waals surface area contributed by atoms with Crippen molar-refractivity contribution in [3.05, 3.63) is 38.6 Å². The van der Waals surface area contributed by atoms with Gasteiger partial charge in [0.15, 0.2) is 0 Å². The van der Waals surface area contributed by atoms with E-state index in [2.05, 4.69) is 10.1 Å². The normalized spacial score (nSPS) is 17.4. The van der Waals surface area contributed by atoms with Crippen LogP contribution in [0, 0.1) is 10.1 Å². The van der Waals surface area contributed by atoms with Gasteiger partial charge >= 0.3 is 5.69 Å². The molecule has 0 aliphatic carbocycles. The Labute approximate surface area is 118 Å². The summed E-state index contributed by atoms with van der Waals surface area (Å²) in [6.07, 6.45) is 2.60. The molecular formula is C11H12N4O4S. The topological polar surface area (TPSA) is 92.3 Å². The third kappa shape index (κ3) is 2.42. The standard InChI is InChI=1S/C11H12N4O4S/c1-11(18-2-3-19-11)9-7-20-10(13-9)6-14-5-8(4-12-14)15(16)17/h4-5,7H,2-3,6H2,1H3. The van der Waals surface area contributed by atoms with Crippen LogP contribution in [0.15, 0.2) is 17.8 Å². The summed E-state index contributed by atoms with van der Waals surface area (Å²) in [6, 6.07) is 0. The second-order valence-electron chi connectivity index (χ2n) is 4.42. The van der Waals surface area contributed by atoms with E-state index in [9.17, 15) is 10.1 Å². The zero-order chi connectivity index (χ0) is 14.2. The molecule has 0 unspecified atom stereocenters. The Morgan fingerprint density at radius 2 is 2.30 bits per heavy atom. The van der Waals surface area contributed by atoms with Crippen molar-refractivity contribution in [2.75, 3.05) is 13.2 Å². The number of hydrogen-bond acceptors (Lipinski definition) is 7. The Balaban J connectivity index is 1.75. The van der Waals surface area contributed by atoms with Gasteiger partial charge in [-0.25, -0.2) is 4.98 Å². The molecule has 3 heterocycles. The molecule has 0 amide bonds. The molecule has 106 valence electrons. The molecule has 9 heteroatoms. The molecule has 0 atom stereocenters.